The Bertz CT molecular complexity index is 975. The number of hydrogen-bond acceptors (Lipinski definition) is 4. The predicted octanol–water partition coefficient (Wildman–Crippen LogP) is 5.20. The minimum absolute atomic E-state index is 0.184. The molecule has 1 amide bonds. The van der Waals surface area contributed by atoms with Crippen molar-refractivity contribution in [2.75, 3.05) is 19.5 Å². The summed E-state index contributed by atoms with van der Waals surface area (Å²) in [6.45, 7) is 0. The van der Waals surface area contributed by atoms with Gasteiger partial charge in [-0.2, -0.15) is 0 Å². The van der Waals surface area contributed by atoms with Gasteiger partial charge in [0, 0.05) is 16.8 Å². The number of carbonyl (C=O) groups is 2. The highest BCUT2D eigenvalue weighted by Crippen LogP contribution is 2.62. The van der Waals surface area contributed by atoms with E-state index in [2.05, 4.69) is 11.4 Å². The summed E-state index contributed by atoms with van der Waals surface area (Å²) in [5, 5.41) is 3.03. The van der Waals surface area contributed by atoms with Crippen LogP contribution in [-0.2, 0) is 10.2 Å². The molecule has 4 bridgehead atoms. The minimum atomic E-state index is -0.415. The lowest BCUT2D eigenvalue weighted by molar-refractivity contribution is -0.00613. The number of anilines is 1. The quantitative estimate of drug-likeness (QED) is 0.677. The van der Waals surface area contributed by atoms with E-state index < -0.39 is 5.97 Å². The molecule has 4 saturated carbocycles. The van der Waals surface area contributed by atoms with Crippen LogP contribution in [0.3, 0.4) is 0 Å². The number of benzene rings is 2. The van der Waals surface area contributed by atoms with Crippen LogP contribution < -0.4 is 10.1 Å². The number of nitrogens with one attached hydrogen (secondary N) is 1. The van der Waals surface area contributed by atoms with Crippen LogP contribution in [0.15, 0.2) is 42.5 Å². The molecule has 4 fully saturated rings. The molecule has 2 aromatic carbocycles. The standard InChI is InChI=1S/C26H29NO4/c1-30-23-8-7-21(27-24(28)19-3-5-20(6-4-19)25(29)31-2)12-22(23)26-13-16-9-17(14-26)11-18(10-16)15-26/h3-8,12,16-18H,9-11,13-15H2,1-2H3,(H,27,28). The van der Waals surface area contributed by atoms with Gasteiger partial charge in [0.25, 0.3) is 5.91 Å². The van der Waals surface area contributed by atoms with E-state index in [-0.39, 0.29) is 11.3 Å². The molecule has 0 radical (unpaired) electrons. The molecule has 5 nitrogen and oxygen atoms in total. The largest absolute Gasteiger partial charge is 0.496 e. The van der Waals surface area contributed by atoms with Gasteiger partial charge in [-0.05, 0) is 104 Å². The Morgan fingerprint density at radius 1 is 0.871 bits per heavy atom. The van der Waals surface area contributed by atoms with Crippen LogP contribution in [0, 0.1) is 17.8 Å². The summed E-state index contributed by atoms with van der Waals surface area (Å²) in [6.07, 6.45) is 7.88. The average molecular weight is 420 g/mol. The number of amides is 1. The SMILES string of the molecule is COC(=O)c1ccc(C(=O)Nc2ccc(OC)c(C34CC5CC(CC(C5)C3)C4)c2)cc1. The van der Waals surface area contributed by atoms with Crippen molar-refractivity contribution in [3.63, 3.8) is 0 Å². The van der Waals surface area contributed by atoms with E-state index in [0.717, 1.165) is 29.2 Å². The van der Waals surface area contributed by atoms with E-state index in [1.807, 2.05) is 12.1 Å². The Morgan fingerprint density at radius 3 is 2.00 bits per heavy atom. The Balaban J connectivity index is 1.40. The van der Waals surface area contributed by atoms with Gasteiger partial charge in [-0.3, -0.25) is 4.79 Å². The lowest BCUT2D eigenvalue weighted by Crippen LogP contribution is -2.48. The third-order valence-electron chi connectivity index (χ3n) is 7.64. The maximum absolute atomic E-state index is 12.8. The van der Waals surface area contributed by atoms with Gasteiger partial charge >= 0.3 is 5.97 Å². The van der Waals surface area contributed by atoms with Crippen LogP contribution in [0.4, 0.5) is 5.69 Å². The van der Waals surface area contributed by atoms with E-state index in [1.165, 1.54) is 51.2 Å². The number of rotatable bonds is 5. The summed E-state index contributed by atoms with van der Waals surface area (Å²) >= 11 is 0. The van der Waals surface area contributed by atoms with E-state index in [9.17, 15) is 9.59 Å². The zero-order valence-corrected chi connectivity index (χ0v) is 18.1. The highest BCUT2D eigenvalue weighted by atomic mass is 16.5. The number of esters is 1. The van der Waals surface area contributed by atoms with E-state index in [4.69, 9.17) is 9.47 Å². The summed E-state index contributed by atoms with van der Waals surface area (Å²) in [5.41, 5.74) is 3.15. The number of ether oxygens (including phenoxy) is 2. The monoisotopic (exact) mass is 419 g/mol. The lowest BCUT2D eigenvalue weighted by atomic mass is 9.48. The molecule has 0 unspecified atom stereocenters. The first-order valence-corrected chi connectivity index (χ1v) is 11.2. The van der Waals surface area contributed by atoms with Gasteiger partial charge in [0.05, 0.1) is 19.8 Å². The van der Waals surface area contributed by atoms with Gasteiger partial charge in [0.1, 0.15) is 5.75 Å². The molecule has 0 aromatic heterocycles. The smallest absolute Gasteiger partial charge is 0.337 e. The second-order valence-corrected chi connectivity index (χ2v) is 9.64. The predicted molar refractivity (Wildman–Crippen MR) is 119 cm³/mol. The van der Waals surface area contributed by atoms with Crippen LogP contribution >= 0.6 is 0 Å². The normalized spacial score (nSPS) is 28.3. The fourth-order valence-electron chi connectivity index (χ4n) is 6.72. The Morgan fingerprint density at radius 2 is 1.45 bits per heavy atom. The maximum Gasteiger partial charge on any atom is 0.337 e. The molecule has 1 N–H and O–H groups in total. The Kier molecular flexibility index (Phi) is 4.99. The maximum atomic E-state index is 12.8. The third-order valence-corrected chi connectivity index (χ3v) is 7.64. The van der Waals surface area contributed by atoms with Gasteiger partial charge in [-0.1, -0.05) is 0 Å². The summed E-state index contributed by atoms with van der Waals surface area (Å²) in [7, 11) is 3.08. The fourth-order valence-corrected chi connectivity index (χ4v) is 6.72. The van der Waals surface area contributed by atoms with Crippen molar-refractivity contribution in [1.29, 1.82) is 0 Å². The van der Waals surface area contributed by atoms with Crippen molar-refractivity contribution < 1.29 is 19.1 Å². The van der Waals surface area contributed by atoms with Crippen molar-refractivity contribution in [1.82, 2.24) is 0 Å². The zero-order chi connectivity index (χ0) is 21.6. The highest BCUT2D eigenvalue weighted by Gasteiger charge is 2.52. The summed E-state index contributed by atoms with van der Waals surface area (Å²) in [4.78, 5) is 24.4. The van der Waals surface area contributed by atoms with Crippen molar-refractivity contribution in [3.05, 3.63) is 59.2 Å². The van der Waals surface area contributed by atoms with Crippen molar-refractivity contribution in [3.8, 4) is 5.75 Å². The third kappa shape index (κ3) is 3.60. The molecule has 2 aromatic rings. The first-order chi connectivity index (χ1) is 15.0. The van der Waals surface area contributed by atoms with Crippen molar-refractivity contribution in [2.45, 2.75) is 43.9 Å². The first kappa shape index (κ1) is 20.1. The Hall–Kier alpha value is -2.82. The van der Waals surface area contributed by atoms with Crippen LogP contribution in [0.25, 0.3) is 0 Å². The number of methoxy groups -OCH3 is 2. The Labute approximate surface area is 183 Å². The van der Waals surface area contributed by atoms with Gasteiger partial charge in [0.15, 0.2) is 0 Å². The fraction of sp³-hybridized carbons (Fsp3) is 0.462. The van der Waals surface area contributed by atoms with Crippen molar-refractivity contribution >= 4 is 17.6 Å². The molecule has 162 valence electrons. The van der Waals surface area contributed by atoms with Gasteiger partial charge < -0.3 is 14.8 Å². The molecule has 4 aliphatic rings. The second-order valence-electron chi connectivity index (χ2n) is 9.64. The molecule has 0 aliphatic heterocycles. The molecule has 0 atom stereocenters. The molecule has 4 aliphatic carbocycles. The molecule has 6 rings (SSSR count). The van der Waals surface area contributed by atoms with Crippen LogP contribution in [0.2, 0.25) is 0 Å². The summed E-state index contributed by atoms with van der Waals surface area (Å²) in [6, 6.07) is 12.5. The van der Waals surface area contributed by atoms with E-state index in [1.54, 1.807) is 31.4 Å². The van der Waals surface area contributed by atoms with Crippen LogP contribution in [0.5, 0.6) is 5.75 Å². The minimum Gasteiger partial charge on any atom is -0.496 e. The van der Waals surface area contributed by atoms with Gasteiger partial charge in [-0.15, -0.1) is 0 Å². The number of hydrogen-bond donors (Lipinski definition) is 1. The molecule has 0 heterocycles. The first-order valence-electron chi connectivity index (χ1n) is 11.2. The number of carbonyl (C=O) groups excluding carboxylic acids is 2. The molecular formula is C26H29NO4. The molecule has 0 spiro atoms. The molecular weight excluding hydrogens is 390 g/mol. The highest BCUT2D eigenvalue weighted by molar-refractivity contribution is 6.05. The van der Waals surface area contributed by atoms with Crippen LogP contribution in [-0.4, -0.2) is 26.1 Å². The van der Waals surface area contributed by atoms with Crippen LogP contribution in [0.1, 0.15) is 64.8 Å². The topological polar surface area (TPSA) is 64.6 Å². The van der Waals surface area contributed by atoms with Gasteiger partial charge in [0.2, 0.25) is 0 Å². The second kappa shape index (κ2) is 7.70. The van der Waals surface area contributed by atoms with Crippen molar-refractivity contribution in [2.24, 2.45) is 17.8 Å². The molecule has 31 heavy (non-hydrogen) atoms. The lowest BCUT2D eigenvalue weighted by Gasteiger charge is -2.57. The summed E-state index contributed by atoms with van der Waals surface area (Å²) < 4.78 is 10.5. The average Bonchev–Trinajstić information content (AvgIpc) is 2.77. The zero-order valence-electron chi connectivity index (χ0n) is 18.1. The van der Waals surface area contributed by atoms with E-state index >= 15 is 0 Å². The molecule has 5 heteroatoms. The summed E-state index contributed by atoms with van der Waals surface area (Å²) in [5.74, 6) is 2.83. The van der Waals surface area contributed by atoms with Gasteiger partial charge in [-0.25, -0.2) is 4.79 Å². The molecule has 0 saturated heterocycles. The van der Waals surface area contributed by atoms with E-state index in [0.29, 0.717) is 11.1 Å².